The van der Waals surface area contributed by atoms with Crippen LogP contribution in [0.25, 0.3) is 6.08 Å². The van der Waals surface area contributed by atoms with Gasteiger partial charge in [0.2, 0.25) is 0 Å². The van der Waals surface area contributed by atoms with E-state index >= 15 is 0 Å². The van der Waals surface area contributed by atoms with E-state index in [0.29, 0.717) is 10.1 Å². The Morgan fingerprint density at radius 1 is 1.17 bits per heavy atom. The van der Waals surface area contributed by atoms with Gasteiger partial charge in [0.15, 0.2) is 5.17 Å². The van der Waals surface area contributed by atoms with Crippen molar-refractivity contribution < 1.29 is 9.90 Å². The van der Waals surface area contributed by atoms with E-state index in [0.717, 1.165) is 22.4 Å². The number of carbonyl (C=O) groups excluding carboxylic acids is 1. The summed E-state index contributed by atoms with van der Waals surface area (Å²) in [5.74, 6) is 0.0878. The van der Waals surface area contributed by atoms with Gasteiger partial charge in [-0.05, 0) is 66.6 Å². The lowest BCUT2D eigenvalue weighted by molar-refractivity contribution is -0.121. The first-order valence-corrected chi connectivity index (χ1v) is 8.38. The third-order valence-electron chi connectivity index (χ3n) is 3.75. The van der Waals surface area contributed by atoms with Gasteiger partial charge in [-0.15, -0.1) is 0 Å². The smallest absolute Gasteiger partial charge is 0.266 e. The van der Waals surface area contributed by atoms with Crippen LogP contribution in [-0.2, 0) is 4.79 Å². The number of hydrogen-bond acceptors (Lipinski definition) is 4. The maximum atomic E-state index is 12.4. The van der Waals surface area contributed by atoms with Crippen LogP contribution in [-0.4, -0.2) is 28.1 Å². The first kappa shape index (κ1) is 16.3. The largest absolute Gasteiger partial charge is 0.508 e. The minimum atomic E-state index is -0.0904. The summed E-state index contributed by atoms with van der Waals surface area (Å²) in [5, 5.41) is 10.2. The summed E-state index contributed by atoms with van der Waals surface area (Å²) >= 11 is 1.34. The van der Waals surface area contributed by atoms with Crippen molar-refractivity contribution in [3.8, 4) is 5.75 Å². The van der Waals surface area contributed by atoms with Crippen molar-refractivity contribution in [3.05, 3.63) is 64.1 Å². The number of amides is 1. The van der Waals surface area contributed by atoms with Crippen LogP contribution in [0.15, 0.2) is 52.4 Å². The number of carbonyl (C=O) groups is 1. The SMILES string of the molecule is Cc1ccc(C)c(N=C2SC(=Cc3cccc(O)c3)C(=O)N2C)c1. The number of hydrogen-bond donors (Lipinski definition) is 1. The molecule has 0 radical (unpaired) electrons. The number of phenolic OH excluding ortho intramolecular Hbond substituents is 1. The summed E-state index contributed by atoms with van der Waals surface area (Å²) in [7, 11) is 1.72. The average Bonchev–Trinajstić information content (AvgIpc) is 2.79. The lowest BCUT2D eigenvalue weighted by atomic mass is 10.1. The fourth-order valence-corrected chi connectivity index (χ4v) is 3.34. The first-order valence-electron chi connectivity index (χ1n) is 7.56. The van der Waals surface area contributed by atoms with E-state index in [-0.39, 0.29) is 11.7 Å². The fourth-order valence-electron chi connectivity index (χ4n) is 2.36. The molecule has 1 amide bonds. The number of amidine groups is 1. The Kier molecular flexibility index (Phi) is 4.44. The van der Waals surface area contributed by atoms with Crippen molar-refractivity contribution in [2.45, 2.75) is 13.8 Å². The first-order chi connectivity index (χ1) is 11.4. The summed E-state index contributed by atoms with van der Waals surface area (Å²) in [6.07, 6.45) is 1.77. The van der Waals surface area contributed by atoms with Gasteiger partial charge in [-0.25, -0.2) is 4.99 Å². The fraction of sp³-hybridized carbons (Fsp3) is 0.158. The molecule has 2 aromatic rings. The number of aryl methyl sites for hydroxylation is 2. The van der Waals surface area contributed by atoms with Crippen molar-refractivity contribution in [2.24, 2.45) is 4.99 Å². The van der Waals surface area contributed by atoms with Crippen LogP contribution in [0, 0.1) is 13.8 Å². The molecule has 0 bridgehead atoms. The molecular weight excluding hydrogens is 320 g/mol. The molecule has 1 aliphatic rings. The summed E-state index contributed by atoms with van der Waals surface area (Å²) in [5.41, 5.74) is 3.86. The van der Waals surface area contributed by atoms with E-state index in [1.165, 1.54) is 11.8 Å². The van der Waals surface area contributed by atoms with Crippen molar-refractivity contribution >= 4 is 34.6 Å². The van der Waals surface area contributed by atoms with Crippen LogP contribution >= 0.6 is 11.8 Å². The molecule has 4 nitrogen and oxygen atoms in total. The van der Waals surface area contributed by atoms with E-state index in [4.69, 9.17) is 0 Å². The zero-order chi connectivity index (χ0) is 17.3. The van der Waals surface area contributed by atoms with Crippen molar-refractivity contribution in [1.82, 2.24) is 4.90 Å². The van der Waals surface area contributed by atoms with E-state index in [2.05, 4.69) is 4.99 Å². The maximum absolute atomic E-state index is 12.4. The summed E-state index contributed by atoms with van der Waals surface area (Å²) < 4.78 is 0. The molecule has 5 heteroatoms. The topological polar surface area (TPSA) is 52.9 Å². The van der Waals surface area contributed by atoms with Crippen LogP contribution in [0.5, 0.6) is 5.75 Å². The molecule has 1 saturated heterocycles. The number of aliphatic imine (C=N–C) groups is 1. The van der Waals surface area contributed by atoms with Crippen molar-refractivity contribution in [3.63, 3.8) is 0 Å². The highest BCUT2D eigenvalue weighted by Crippen LogP contribution is 2.34. The Hall–Kier alpha value is -2.53. The zero-order valence-corrected chi connectivity index (χ0v) is 14.6. The standard InChI is InChI=1S/C19H18N2O2S/c1-12-7-8-13(2)16(9-12)20-19-21(3)18(23)17(24-19)11-14-5-4-6-15(22)10-14/h4-11,22H,1-3H3. The Morgan fingerprint density at radius 3 is 2.71 bits per heavy atom. The summed E-state index contributed by atoms with van der Waals surface area (Å²) in [6, 6.07) is 12.9. The second-order valence-electron chi connectivity index (χ2n) is 5.75. The molecule has 1 fully saturated rings. The lowest BCUT2D eigenvalue weighted by Gasteiger charge is -2.08. The zero-order valence-electron chi connectivity index (χ0n) is 13.8. The van der Waals surface area contributed by atoms with Crippen LogP contribution in [0.3, 0.4) is 0 Å². The molecule has 24 heavy (non-hydrogen) atoms. The van der Waals surface area contributed by atoms with Gasteiger partial charge in [-0.1, -0.05) is 24.3 Å². The van der Waals surface area contributed by atoms with Gasteiger partial charge < -0.3 is 5.11 Å². The van der Waals surface area contributed by atoms with E-state index in [9.17, 15) is 9.90 Å². The van der Waals surface area contributed by atoms with Crippen LogP contribution in [0.4, 0.5) is 5.69 Å². The molecule has 0 unspecified atom stereocenters. The van der Waals surface area contributed by atoms with Crippen molar-refractivity contribution in [2.75, 3.05) is 7.05 Å². The number of nitrogens with zero attached hydrogens (tertiary/aromatic N) is 2. The predicted octanol–water partition coefficient (Wildman–Crippen LogP) is 4.24. The molecule has 2 aromatic carbocycles. The Bertz CT molecular complexity index is 871. The number of rotatable bonds is 2. The average molecular weight is 338 g/mol. The third kappa shape index (κ3) is 3.36. The molecule has 0 atom stereocenters. The monoisotopic (exact) mass is 338 g/mol. The molecule has 0 aromatic heterocycles. The van der Waals surface area contributed by atoms with E-state index in [1.54, 1.807) is 36.2 Å². The van der Waals surface area contributed by atoms with Gasteiger partial charge in [-0.2, -0.15) is 0 Å². The minimum absolute atomic E-state index is 0.0904. The van der Waals surface area contributed by atoms with Crippen LogP contribution in [0.2, 0.25) is 0 Å². The quantitative estimate of drug-likeness (QED) is 0.833. The number of thioether (sulfide) groups is 1. The number of aromatic hydroxyl groups is 1. The third-order valence-corrected chi connectivity index (χ3v) is 4.81. The van der Waals surface area contributed by atoms with Gasteiger partial charge in [0, 0.05) is 7.05 Å². The second-order valence-corrected chi connectivity index (χ2v) is 6.76. The molecule has 0 saturated carbocycles. The normalized spacial score (nSPS) is 18.0. The molecule has 122 valence electrons. The highest BCUT2D eigenvalue weighted by atomic mass is 32.2. The number of phenols is 1. The number of benzene rings is 2. The van der Waals surface area contributed by atoms with Crippen LogP contribution < -0.4 is 0 Å². The molecule has 0 aliphatic carbocycles. The molecular formula is C19H18N2O2S. The molecule has 3 rings (SSSR count). The number of likely N-dealkylation sites (N-methyl/N-ethyl adjacent to an activating group) is 1. The molecule has 1 aliphatic heterocycles. The van der Waals surface area contributed by atoms with Gasteiger partial charge in [0.1, 0.15) is 5.75 Å². The summed E-state index contributed by atoms with van der Waals surface area (Å²) in [4.78, 5) is 19.2. The maximum Gasteiger partial charge on any atom is 0.266 e. The van der Waals surface area contributed by atoms with Crippen LogP contribution in [0.1, 0.15) is 16.7 Å². The van der Waals surface area contributed by atoms with Gasteiger partial charge in [0.05, 0.1) is 10.6 Å². The van der Waals surface area contributed by atoms with Crippen molar-refractivity contribution in [1.29, 1.82) is 0 Å². The Labute approximate surface area is 145 Å². The lowest BCUT2D eigenvalue weighted by Crippen LogP contribution is -2.23. The highest BCUT2D eigenvalue weighted by molar-refractivity contribution is 8.18. The van der Waals surface area contributed by atoms with Gasteiger partial charge in [-0.3, -0.25) is 9.69 Å². The predicted molar refractivity (Wildman–Crippen MR) is 99.5 cm³/mol. The molecule has 1 N–H and O–H groups in total. The Morgan fingerprint density at radius 2 is 1.96 bits per heavy atom. The highest BCUT2D eigenvalue weighted by Gasteiger charge is 2.30. The van der Waals surface area contributed by atoms with Gasteiger partial charge in [0.25, 0.3) is 5.91 Å². The molecule has 0 spiro atoms. The minimum Gasteiger partial charge on any atom is -0.508 e. The van der Waals surface area contributed by atoms with E-state index < -0.39 is 0 Å². The van der Waals surface area contributed by atoms with E-state index in [1.807, 2.05) is 38.1 Å². The second kappa shape index (κ2) is 6.53. The molecule has 1 heterocycles. The summed E-state index contributed by atoms with van der Waals surface area (Å²) in [6.45, 7) is 4.02. The van der Waals surface area contributed by atoms with Gasteiger partial charge >= 0.3 is 0 Å². The Balaban J connectivity index is 1.94.